The zero-order valence-electron chi connectivity index (χ0n) is 26.4. The maximum Gasteiger partial charge on any atom is 0.331 e. The van der Waals surface area contributed by atoms with Gasteiger partial charge in [0.25, 0.3) is 0 Å². The van der Waals surface area contributed by atoms with Crippen LogP contribution in [0.2, 0.25) is 0 Å². The summed E-state index contributed by atoms with van der Waals surface area (Å²) >= 11 is 0. The summed E-state index contributed by atoms with van der Waals surface area (Å²) in [4.78, 5) is 10.8. The molecule has 15 heteroatoms. The van der Waals surface area contributed by atoms with E-state index in [1.165, 1.54) is 7.11 Å². The number of carbonyl (C=O) groups excluding carboxylic acids is 1. The summed E-state index contributed by atoms with van der Waals surface area (Å²) in [6.07, 6.45) is 0. The molecule has 0 atom stereocenters. The predicted octanol–water partition coefficient (Wildman–Crippen LogP) is -0.422. The fourth-order valence-corrected chi connectivity index (χ4v) is 2.81. The summed E-state index contributed by atoms with van der Waals surface area (Å²) in [6.45, 7) is 12.4. The summed E-state index contributed by atoms with van der Waals surface area (Å²) in [6, 6.07) is 0. The lowest BCUT2D eigenvalue weighted by atomic mass is 10.6. The number of methoxy groups -OCH3 is 1. The van der Waals surface area contributed by atoms with E-state index in [2.05, 4.69) is 10.1 Å². The molecule has 0 aliphatic carbocycles. The lowest BCUT2D eigenvalue weighted by Crippen LogP contribution is -2.17. The SMILES string of the molecule is CNCCOCCOCCOCCOCCOCCOCCOCCOCCOCCOCCOCCOCC(=O)OC. The average molecular weight is 632 g/mol. The molecule has 0 aliphatic heterocycles. The van der Waals surface area contributed by atoms with Gasteiger partial charge in [0, 0.05) is 6.54 Å². The number of esters is 1. The van der Waals surface area contributed by atoms with Crippen LogP contribution in [0.4, 0.5) is 0 Å². The summed E-state index contributed by atoms with van der Waals surface area (Å²) in [5.74, 6) is -0.407. The lowest BCUT2D eigenvalue weighted by Gasteiger charge is -2.09. The molecule has 0 fully saturated rings. The lowest BCUT2D eigenvalue weighted by molar-refractivity contribution is -0.146. The van der Waals surface area contributed by atoms with E-state index >= 15 is 0 Å². The first-order valence-electron chi connectivity index (χ1n) is 15.0. The molecule has 0 aromatic rings. The molecule has 0 aromatic heterocycles. The van der Waals surface area contributed by atoms with Crippen LogP contribution in [0.25, 0.3) is 0 Å². The van der Waals surface area contributed by atoms with Crippen molar-refractivity contribution in [1.82, 2.24) is 5.32 Å². The highest BCUT2D eigenvalue weighted by Gasteiger charge is 1.99. The van der Waals surface area contributed by atoms with Crippen LogP contribution in [0.3, 0.4) is 0 Å². The summed E-state index contributed by atoms with van der Waals surface area (Å²) < 4.78 is 69.1. The fraction of sp³-hybridized carbons (Fsp3) is 0.964. The molecule has 258 valence electrons. The van der Waals surface area contributed by atoms with Crippen LogP contribution in [0.5, 0.6) is 0 Å². The number of carbonyl (C=O) groups is 1. The molecule has 0 amide bonds. The maximum absolute atomic E-state index is 10.8. The number of hydrogen-bond donors (Lipinski definition) is 1. The third-order valence-electron chi connectivity index (χ3n) is 5.04. The minimum absolute atomic E-state index is 0.0699. The van der Waals surface area contributed by atoms with Crippen LogP contribution in [0, 0.1) is 0 Å². The Balaban J connectivity index is 3.04. The Bertz CT molecular complexity index is 536. The molecule has 0 aromatic carbocycles. The van der Waals surface area contributed by atoms with Crippen molar-refractivity contribution < 1.29 is 66.4 Å². The van der Waals surface area contributed by atoms with Gasteiger partial charge in [0.1, 0.15) is 6.61 Å². The first kappa shape index (κ1) is 42.0. The van der Waals surface area contributed by atoms with Crippen molar-refractivity contribution in [1.29, 1.82) is 0 Å². The minimum Gasteiger partial charge on any atom is -0.467 e. The second-order valence-corrected chi connectivity index (χ2v) is 8.47. The molecular formula is C28H57NO14. The van der Waals surface area contributed by atoms with Crippen LogP contribution in [0.15, 0.2) is 0 Å². The van der Waals surface area contributed by atoms with Crippen molar-refractivity contribution in [2.45, 2.75) is 0 Å². The van der Waals surface area contributed by atoms with Crippen molar-refractivity contribution in [3.8, 4) is 0 Å². The largest absolute Gasteiger partial charge is 0.467 e. The van der Waals surface area contributed by atoms with E-state index in [4.69, 9.17) is 56.8 Å². The van der Waals surface area contributed by atoms with E-state index in [-0.39, 0.29) is 6.61 Å². The third-order valence-corrected chi connectivity index (χ3v) is 5.04. The zero-order chi connectivity index (χ0) is 31.2. The van der Waals surface area contributed by atoms with Gasteiger partial charge in [-0.1, -0.05) is 0 Å². The normalized spacial score (nSPS) is 11.4. The summed E-state index contributed by atoms with van der Waals surface area (Å²) in [5, 5.41) is 3.02. The molecule has 0 bridgehead atoms. The van der Waals surface area contributed by atoms with Gasteiger partial charge < -0.3 is 66.9 Å². The molecule has 15 nitrogen and oxygen atoms in total. The molecule has 0 spiro atoms. The van der Waals surface area contributed by atoms with Gasteiger partial charge in [-0.05, 0) is 7.05 Å². The Morgan fingerprint density at radius 3 is 0.791 bits per heavy atom. The molecule has 0 saturated heterocycles. The van der Waals surface area contributed by atoms with Gasteiger partial charge in [0.15, 0.2) is 0 Å². The van der Waals surface area contributed by atoms with Crippen molar-refractivity contribution in [3.63, 3.8) is 0 Å². The van der Waals surface area contributed by atoms with Gasteiger partial charge in [0.05, 0.1) is 159 Å². The monoisotopic (exact) mass is 631 g/mol. The summed E-state index contributed by atoms with van der Waals surface area (Å²) in [5.41, 5.74) is 0. The molecule has 0 unspecified atom stereocenters. The van der Waals surface area contributed by atoms with Gasteiger partial charge >= 0.3 is 5.97 Å². The third kappa shape index (κ3) is 38.9. The standard InChI is InChI=1S/C28H57NO14/c1-29-3-4-32-5-6-33-7-8-34-9-10-35-11-12-36-13-14-37-15-16-38-17-18-39-19-20-40-21-22-41-23-24-42-25-26-43-27-28(30)31-2/h29H,3-27H2,1-2H3. The molecule has 0 rings (SSSR count). The van der Waals surface area contributed by atoms with E-state index < -0.39 is 5.97 Å². The summed E-state index contributed by atoms with van der Waals surface area (Å²) in [7, 11) is 3.21. The first-order valence-corrected chi connectivity index (χ1v) is 15.0. The van der Waals surface area contributed by atoms with Crippen LogP contribution in [-0.4, -0.2) is 185 Å². The van der Waals surface area contributed by atoms with Crippen LogP contribution in [-0.2, 0) is 66.4 Å². The number of hydrogen-bond acceptors (Lipinski definition) is 15. The topological polar surface area (TPSA) is 149 Å². The van der Waals surface area contributed by atoms with Crippen molar-refractivity contribution >= 4 is 5.97 Å². The van der Waals surface area contributed by atoms with Gasteiger partial charge in [-0.2, -0.15) is 0 Å². The molecule has 1 N–H and O–H groups in total. The Labute approximate surface area is 257 Å². The highest BCUT2D eigenvalue weighted by molar-refractivity contribution is 5.70. The predicted molar refractivity (Wildman–Crippen MR) is 156 cm³/mol. The number of ether oxygens (including phenoxy) is 13. The van der Waals surface area contributed by atoms with Crippen molar-refractivity contribution in [3.05, 3.63) is 0 Å². The quantitative estimate of drug-likeness (QED) is 0.0694. The van der Waals surface area contributed by atoms with Gasteiger partial charge in [-0.15, -0.1) is 0 Å². The highest BCUT2D eigenvalue weighted by Crippen LogP contribution is 1.87. The van der Waals surface area contributed by atoms with E-state index in [0.717, 1.165) is 6.54 Å². The second kappa shape index (κ2) is 39.0. The number of rotatable bonds is 38. The van der Waals surface area contributed by atoms with E-state index in [1.54, 1.807) is 0 Å². The van der Waals surface area contributed by atoms with E-state index in [9.17, 15) is 4.79 Å². The molecule has 0 aliphatic rings. The molecule has 0 saturated carbocycles. The molecule has 43 heavy (non-hydrogen) atoms. The van der Waals surface area contributed by atoms with Crippen molar-refractivity contribution in [2.24, 2.45) is 0 Å². The molecule has 0 radical (unpaired) electrons. The second-order valence-electron chi connectivity index (χ2n) is 8.47. The Morgan fingerprint density at radius 1 is 0.372 bits per heavy atom. The molecule has 0 heterocycles. The molecular weight excluding hydrogens is 574 g/mol. The fourth-order valence-electron chi connectivity index (χ4n) is 2.81. The van der Waals surface area contributed by atoms with E-state index in [1.807, 2.05) is 7.05 Å². The van der Waals surface area contributed by atoms with Crippen LogP contribution >= 0.6 is 0 Å². The first-order chi connectivity index (χ1) is 21.3. The minimum atomic E-state index is -0.407. The van der Waals surface area contributed by atoms with Crippen LogP contribution in [0.1, 0.15) is 0 Å². The Kier molecular flexibility index (Phi) is 38.0. The van der Waals surface area contributed by atoms with Gasteiger partial charge in [0.2, 0.25) is 0 Å². The highest BCUT2D eigenvalue weighted by atomic mass is 16.6. The maximum atomic E-state index is 10.8. The number of nitrogens with one attached hydrogen (secondary N) is 1. The van der Waals surface area contributed by atoms with Gasteiger partial charge in [-0.3, -0.25) is 0 Å². The Morgan fingerprint density at radius 2 is 0.581 bits per heavy atom. The van der Waals surface area contributed by atoms with Gasteiger partial charge in [-0.25, -0.2) is 4.79 Å². The number of likely N-dealkylation sites (N-methyl/N-ethyl adjacent to an activating group) is 1. The van der Waals surface area contributed by atoms with Crippen molar-refractivity contribution in [2.75, 3.05) is 179 Å². The zero-order valence-corrected chi connectivity index (χ0v) is 26.4. The van der Waals surface area contributed by atoms with Crippen LogP contribution < -0.4 is 5.32 Å². The Hall–Kier alpha value is -1.05. The smallest absolute Gasteiger partial charge is 0.331 e. The van der Waals surface area contributed by atoms with E-state index in [0.29, 0.717) is 152 Å². The average Bonchev–Trinajstić information content (AvgIpc) is 3.02.